The maximum atomic E-state index is 13.0. The lowest BCUT2D eigenvalue weighted by Gasteiger charge is -2.37. The Morgan fingerprint density at radius 1 is 1.40 bits per heavy atom. The zero-order valence-electron chi connectivity index (χ0n) is 14.0. The molecule has 25 heavy (non-hydrogen) atoms. The highest BCUT2D eigenvalue weighted by atomic mass is 35.5. The number of methoxy groups -OCH3 is 1. The number of oxazole rings is 1. The number of fused-ring (bicyclic) bond motifs is 1. The maximum Gasteiger partial charge on any atom is 0.419 e. The molecule has 0 aliphatic carbocycles. The number of aryl methyl sites for hydroxylation is 1. The Hall–Kier alpha value is -1.39. The summed E-state index contributed by atoms with van der Waals surface area (Å²) in [5, 5.41) is 0. The number of rotatable bonds is 4. The van der Waals surface area contributed by atoms with Gasteiger partial charge in [0.2, 0.25) is 10.0 Å². The van der Waals surface area contributed by atoms with Gasteiger partial charge in [0.25, 0.3) is 0 Å². The van der Waals surface area contributed by atoms with Gasteiger partial charge in [0.15, 0.2) is 5.58 Å². The fraction of sp³-hybridized carbons (Fsp3) is 0.533. The van der Waals surface area contributed by atoms with Crippen LogP contribution < -0.4 is 11.5 Å². The van der Waals surface area contributed by atoms with E-state index in [0.29, 0.717) is 24.9 Å². The van der Waals surface area contributed by atoms with E-state index < -0.39 is 15.8 Å². The number of halogens is 1. The standard InChI is InChI=1S/C15H21N3O5S.ClH/c1-17-13-4-3-12(8-14(13)23-15(17)19)24(20,21)18-6-5-11(22-2)7-10(18)9-16;/h3-4,8,10-11H,5-7,9,16H2,1-2H3;1H. The third kappa shape index (κ3) is 3.47. The molecule has 3 rings (SSSR count). The van der Waals surface area contributed by atoms with Gasteiger partial charge < -0.3 is 14.9 Å². The minimum atomic E-state index is -3.72. The van der Waals surface area contributed by atoms with Crippen molar-refractivity contribution >= 4 is 33.5 Å². The van der Waals surface area contributed by atoms with Crippen LogP contribution in [0.4, 0.5) is 0 Å². The molecule has 140 valence electrons. The number of benzene rings is 1. The molecule has 1 aliphatic rings. The monoisotopic (exact) mass is 391 g/mol. The molecule has 2 unspecified atom stereocenters. The van der Waals surface area contributed by atoms with E-state index in [0.717, 1.165) is 0 Å². The molecule has 1 saturated heterocycles. The van der Waals surface area contributed by atoms with Crippen LogP contribution in [0.25, 0.3) is 11.1 Å². The maximum absolute atomic E-state index is 13.0. The molecule has 8 nitrogen and oxygen atoms in total. The Morgan fingerprint density at radius 3 is 2.76 bits per heavy atom. The third-order valence-electron chi connectivity index (χ3n) is 4.59. The molecule has 0 saturated carbocycles. The Morgan fingerprint density at radius 2 is 2.12 bits per heavy atom. The van der Waals surface area contributed by atoms with Crippen LogP contribution in [-0.2, 0) is 21.8 Å². The van der Waals surface area contributed by atoms with Crippen molar-refractivity contribution in [3.8, 4) is 0 Å². The van der Waals surface area contributed by atoms with Crippen LogP contribution in [0.2, 0.25) is 0 Å². The molecule has 0 amide bonds. The second kappa shape index (κ2) is 7.46. The summed E-state index contributed by atoms with van der Waals surface area (Å²) in [6.07, 6.45) is 1.20. The fourth-order valence-electron chi connectivity index (χ4n) is 3.15. The average Bonchev–Trinajstić information content (AvgIpc) is 2.88. The van der Waals surface area contributed by atoms with Crippen LogP contribution in [0.15, 0.2) is 32.3 Å². The summed E-state index contributed by atoms with van der Waals surface area (Å²) in [6, 6.07) is 4.14. The highest BCUT2D eigenvalue weighted by Crippen LogP contribution is 2.28. The van der Waals surface area contributed by atoms with Gasteiger partial charge in [-0.1, -0.05) is 0 Å². The van der Waals surface area contributed by atoms with Crippen LogP contribution >= 0.6 is 12.4 Å². The van der Waals surface area contributed by atoms with Gasteiger partial charge in [0.1, 0.15) is 0 Å². The molecule has 10 heteroatoms. The molecule has 0 spiro atoms. The first-order valence-corrected chi connectivity index (χ1v) is 9.16. The lowest BCUT2D eigenvalue weighted by Crippen LogP contribution is -2.51. The van der Waals surface area contributed by atoms with Crippen molar-refractivity contribution in [2.24, 2.45) is 12.8 Å². The van der Waals surface area contributed by atoms with Crippen molar-refractivity contribution in [2.45, 2.75) is 29.9 Å². The molecule has 1 fully saturated rings. The molecule has 1 aromatic carbocycles. The highest BCUT2D eigenvalue weighted by molar-refractivity contribution is 7.89. The summed E-state index contributed by atoms with van der Waals surface area (Å²) in [7, 11) is -0.533. The van der Waals surface area contributed by atoms with Crippen molar-refractivity contribution in [3.05, 3.63) is 28.7 Å². The average molecular weight is 392 g/mol. The molecular formula is C15H22ClN3O5S. The van der Waals surface area contributed by atoms with Crippen LogP contribution in [0.5, 0.6) is 0 Å². The highest BCUT2D eigenvalue weighted by Gasteiger charge is 2.36. The summed E-state index contributed by atoms with van der Waals surface area (Å²) in [5.41, 5.74) is 6.57. The first-order chi connectivity index (χ1) is 11.4. The van der Waals surface area contributed by atoms with E-state index in [4.69, 9.17) is 14.9 Å². The summed E-state index contributed by atoms with van der Waals surface area (Å²) in [6.45, 7) is 0.571. The summed E-state index contributed by atoms with van der Waals surface area (Å²) < 4.78 is 39.2. The normalized spacial score (nSPS) is 22.0. The number of aromatic nitrogens is 1. The predicted octanol–water partition coefficient (Wildman–Crippen LogP) is 0.680. The van der Waals surface area contributed by atoms with E-state index in [-0.39, 0.29) is 41.6 Å². The number of ether oxygens (including phenoxy) is 1. The lowest BCUT2D eigenvalue weighted by molar-refractivity contribution is 0.0401. The molecule has 2 N–H and O–H groups in total. The third-order valence-corrected chi connectivity index (χ3v) is 6.54. The lowest BCUT2D eigenvalue weighted by atomic mass is 10.0. The molecule has 0 bridgehead atoms. The molecular weight excluding hydrogens is 370 g/mol. The zero-order chi connectivity index (χ0) is 17.5. The Kier molecular flexibility index (Phi) is 5.95. The summed E-state index contributed by atoms with van der Waals surface area (Å²) >= 11 is 0. The number of hydrogen-bond acceptors (Lipinski definition) is 6. The molecule has 2 aromatic rings. The van der Waals surface area contributed by atoms with Gasteiger partial charge in [-0.25, -0.2) is 13.2 Å². The van der Waals surface area contributed by atoms with E-state index >= 15 is 0 Å². The number of hydrogen-bond donors (Lipinski definition) is 1. The second-order valence-corrected chi connectivity index (χ2v) is 7.83. The number of piperidine rings is 1. The van der Waals surface area contributed by atoms with Crippen LogP contribution in [0.3, 0.4) is 0 Å². The van der Waals surface area contributed by atoms with E-state index in [1.54, 1.807) is 20.2 Å². The van der Waals surface area contributed by atoms with Crippen molar-refractivity contribution in [2.75, 3.05) is 20.2 Å². The summed E-state index contributed by atoms with van der Waals surface area (Å²) in [4.78, 5) is 11.7. The first kappa shape index (κ1) is 19.9. The van der Waals surface area contributed by atoms with Crippen LogP contribution in [0.1, 0.15) is 12.8 Å². The Labute approximate surface area is 152 Å². The topological polar surface area (TPSA) is 108 Å². The van der Waals surface area contributed by atoms with Crippen LogP contribution in [0, 0.1) is 0 Å². The van der Waals surface area contributed by atoms with Crippen LogP contribution in [-0.4, -0.2) is 49.6 Å². The molecule has 1 aromatic heterocycles. The predicted molar refractivity (Wildman–Crippen MR) is 95.5 cm³/mol. The number of nitrogens with two attached hydrogens (primary N) is 1. The minimum Gasteiger partial charge on any atom is -0.408 e. The van der Waals surface area contributed by atoms with Gasteiger partial charge in [-0.3, -0.25) is 4.57 Å². The second-order valence-electron chi connectivity index (χ2n) is 5.94. The van der Waals surface area contributed by atoms with Crippen molar-refractivity contribution in [3.63, 3.8) is 0 Å². The van der Waals surface area contributed by atoms with Gasteiger partial charge in [-0.2, -0.15) is 4.31 Å². The van der Waals surface area contributed by atoms with E-state index in [2.05, 4.69) is 0 Å². The SMILES string of the molecule is COC1CCN(S(=O)(=O)c2ccc3c(c2)oc(=O)n3C)C(CN)C1.Cl. The Balaban J connectivity index is 0.00000225. The first-order valence-electron chi connectivity index (χ1n) is 7.72. The summed E-state index contributed by atoms with van der Waals surface area (Å²) in [5.74, 6) is -0.528. The molecule has 0 radical (unpaired) electrons. The smallest absolute Gasteiger partial charge is 0.408 e. The van der Waals surface area contributed by atoms with E-state index in [1.165, 1.54) is 21.0 Å². The molecule has 2 atom stereocenters. The Bertz CT molecular complexity index is 908. The van der Waals surface area contributed by atoms with Gasteiger partial charge in [-0.15, -0.1) is 12.4 Å². The number of nitrogens with zero attached hydrogens (tertiary/aromatic N) is 2. The molecule has 1 aliphatic heterocycles. The number of sulfonamides is 1. The van der Waals surface area contributed by atoms with Gasteiger partial charge in [-0.05, 0) is 25.0 Å². The van der Waals surface area contributed by atoms with Gasteiger partial charge in [0.05, 0.1) is 16.5 Å². The quantitative estimate of drug-likeness (QED) is 0.821. The molecule has 2 heterocycles. The largest absolute Gasteiger partial charge is 0.419 e. The van der Waals surface area contributed by atoms with Crippen molar-refractivity contribution in [1.82, 2.24) is 8.87 Å². The van der Waals surface area contributed by atoms with E-state index in [1.807, 2.05) is 0 Å². The van der Waals surface area contributed by atoms with Crippen molar-refractivity contribution < 1.29 is 17.6 Å². The van der Waals surface area contributed by atoms with Crippen molar-refractivity contribution in [1.29, 1.82) is 0 Å². The van der Waals surface area contributed by atoms with Gasteiger partial charge >= 0.3 is 5.76 Å². The minimum absolute atomic E-state index is 0. The van der Waals surface area contributed by atoms with Gasteiger partial charge in [0, 0.05) is 39.4 Å². The van der Waals surface area contributed by atoms with E-state index in [9.17, 15) is 13.2 Å². The fourth-order valence-corrected chi connectivity index (χ4v) is 4.82. The zero-order valence-corrected chi connectivity index (χ0v) is 15.7.